The Morgan fingerprint density at radius 3 is 2.71 bits per heavy atom. The third kappa shape index (κ3) is 3.26. The maximum Gasteiger partial charge on any atom is 0.329 e. The van der Waals surface area contributed by atoms with Crippen LogP contribution in [0.5, 0.6) is 5.88 Å². The van der Waals surface area contributed by atoms with Crippen LogP contribution in [0.1, 0.15) is 37.0 Å². The van der Waals surface area contributed by atoms with Gasteiger partial charge in [-0.25, -0.2) is 9.78 Å². The zero-order valence-electron chi connectivity index (χ0n) is 11.9. The van der Waals surface area contributed by atoms with Crippen LogP contribution in [-0.2, 0) is 4.79 Å². The molecule has 2 N–H and O–H groups in total. The van der Waals surface area contributed by atoms with Gasteiger partial charge in [0.05, 0.1) is 12.2 Å². The summed E-state index contributed by atoms with van der Waals surface area (Å²) < 4.78 is 5.19. The fourth-order valence-electron chi connectivity index (χ4n) is 2.09. The second-order valence-electron chi connectivity index (χ2n) is 5.18. The number of rotatable bonds is 6. The highest BCUT2D eigenvalue weighted by Crippen LogP contribution is 2.40. The van der Waals surface area contributed by atoms with Gasteiger partial charge < -0.3 is 15.2 Å². The largest absolute Gasteiger partial charge is 0.480 e. The lowest BCUT2D eigenvalue weighted by molar-refractivity contribution is -0.144. The Balaban J connectivity index is 2.16. The molecule has 1 heterocycles. The van der Waals surface area contributed by atoms with E-state index in [-0.39, 0.29) is 22.4 Å². The van der Waals surface area contributed by atoms with Crippen LogP contribution >= 0.6 is 11.6 Å². The number of amides is 1. The van der Waals surface area contributed by atoms with Crippen LogP contribution in [0.25, 0.3) is 0 Å². The highest BCUT2D eigenvalue weighted by atomic mass is 35.5. The number of hydrogen-bond donors (Lipinski definition) is 2. The van der Waals surface area contributed by atoms with Crippen molar-refractivity contribution in [2.75, 3.05) is 6.61 Å². The summed E-state index contributed by atoms with van der Waals surface area (Å²) in [5, 5.41) is 12.1. The SMILES string of the molecule is CCOc1ncc(C(=O)NC(C)(C(=O)O)C2CC2)cc1Cl. The summed E-state index contributed by atoms with van der Waals surface area (Å²) in [6, 6.07) is 1.42. The van der Waals surface area contributed by atoms with E-state index in [0.717, 1.165) is 12.8 Å². The Morgan fingerprint density at radius 2 is 2.24 bits per heavy atom. The van der Waals surface area contributed by atoms with Gasteiger partial charge in [0.1, 0.15) is 10.6 Å². The maximum atomic E-state index is 12.2. The zero-order chi connectivity index (χ0) is 15.6. The number of nitrogens with one attached hydrogen (secondary N) is 1. The molecule has 114 valence electrons. The van der Waals surface area contributed by atoms with E-state index in [1.165, 1.54) is 19.2 Å². The van der Waals surface area contributed by atoms with Gasteiger partial charge in [-0.1, -0.05) is 11.6 Å². The first kappa shape index (κ1) is 15.6. The van der Waals surface area contributed by atoms with E-state index < -0.39 is 17.4 Å². The Kier molecular flexibility index (Phi) is 4.37. The van der Waals surface area contributed by atoms with Crippen LogP contribution < -0.4 is 10.1 Å². The molecule has 0 aromatic carbocycles. The number of halogens is 1. The lowest BCUT2D eigenvalue weighted by atomic mass is 9.95. The fraction of sp³-hybridized carbons (Fsp3) is 0.500. The van der Waals surface area contributed by atoms with Crippen LogP contribution in [0.4, 0.5) is 0 Å². The van der Waals surface area contributed by atoms with E-state index >= 15 is 0 Å². The van der Waals surface area contributed by atoms with Crippen molar-refractivity contribution >= 4 is 23.5 Å². The van der Waals surface area contributed by atoms with E-state index in [4.69, 9.17) is 16.3 Å². The van der Waals surface area contributed by atoms with Crippen molar-refractivity contribution < 1.29 is 19.4 Å². The fourth-order valence-corrected chi connectivity index (χ4v) is 2.31. The highest BCUT2D eigenvalue weighted by molar-refractivity contribution is 6.32. The van der Waals surface area contributed by atoms with E-state index in [2.05, 4.69) is 10.3 Å². The second kappa shape index (κ2) is 5.89. The van der Waals surface area contributed by atoms with Crippen molar-refractivity contribution in [1.82, 2.24) is 10.3 Å². The third-order valence-electron chi connectivity index (χ3n) is 3.56. The minimum Gasteiger partial charge on any atom is -0.480 e. The van der Waals surface area contributed by atoms with Crippen LogP contribution in [0.2, 0.25) is 5.02 Å². The number of aromatic nitrogens is 1. The molecule has 2 rings (SSSR count). The van der Waals surface area contributed by atoms with Crippen LogP contribution in [0, 0.1) is 5.92 Å². The van der Waals surface area contributed by atoms with Gasteiger partial charge in [-0.2, -0.15) is 0 Å². The van der Waals surface area contributed by atoms with Gasteiger partial charge in [0.25, 0.3) is 5.91 Å². The van der Waals surface area contributed by atoms with Gasteiger partial charge in [0.15, 0.2) is 0 Å². The Bertz CT molecular complexity index is 574. The third-order valence-corrected chi connectivity index (χ3v) is 3.83. The first-order valence-corrected chi connectivity index (χ1v) is 7.10. The summed E-state index contributed by atoms with van der Waals surface area (Å²) in [4.78, 5) is 27.6. The van der Waals surface area contributed by atoms with Crippen LogP contribution in [-0.4, -0.2) is 34.1 Å². The first-order chi connectivity index (χ1) is 9.88. The van der Waals surface area contributed by atoms with Crippen molar-refractivity contribution in [1.29, 1.82) is 0 Å². The molecule has 0 radical (unpaired) electrons. The molecule has 21 heavy (non-hydrogen) atoms. The standard InChI is InChI=1S/C14H17ClN2O4/c1-3-21-12-10(15)6-8(7-16-12)11(18)17-14(2,13(19)20)9-4-5-9/h6-7,9H,3-5H2,1-2H3,(H,17,18)(H,19,20). The molecule has 1 unspecified atom stereocenters. The first-order valence-electron chi connectivity index (χ1n) is 6.72. The normalized spacial score (nSPS) is 16.9. The number of carboxylic acid groups (broad SMARTS) is 1. The summed E-state index contributed by atoms with van der Waals surface area (Å²) in [6.45, 7) is 3.73. The summed E-state index contributed by atoms with van der Waals surface area (Å²) in [7, 11) is 0. The predicted molar refractivity (Wildman–Crippen MR) is 76.6 cm³/mol. The average Bonchev–Trinajstić information content (AvgIpc) is 3.25. The van der Waals surface area contributed by atoms with Crippen molar-refractivity contribution in [3.63, 3.8) is 0 Å². The Morgan fingerprint density at radius 1 is 1.57 bits per heavy atom. The highest BCUT2D eigenvalue weighted by Gasteiger charge is 2.48. The quantitative estimate of drug-likeness (QED) is 0.840. The number of hydrogen-bond acceptors (Lipinski definition) is 4. The molecule has 6 nitrogen and oxygen atoms in total. The molecule has 0 bridgehead atoms. The molecule has 0 saturated heterocycles. The monoisotopic (exact) mass is 312 g/mol. The van der Waals surface area contributed by atoms with Gasteiger partial charge in [-0.3, -0.25) is 4.79 Å². The van der Waals surface area contributed by atoms with Gasteiger partial charge in [0, 0.05) is 6.20 Å². The molecule has 1 saturated carbocycles. The molecule has 0 aliphatic heterocycles. The van der Waals surface area contributed by atoms with Crippen molar-refractivity contribution in [2.45, 2.75) is 32.2 Å². The van der Waals surface area contributed by atoms with Crippen LogP contribution in [0.15, 0.2) is 12.3 Å². The van der Waals surface area contributed by atoms with E-state index in [1.54, 1.807) is 6.92 Å². The van der Waals surface area contributed by atoms with Gasteiger partial charge in [-0.15, -0.1) is 0 Å². The number of carboxylic acids is 1. The van der Waals surface area contributed by atoms with Crippen LogP contribution in [0.3, 0.4) is 0 Å². The van der Waals surface area contributed by atoms with Crippen molar-refractivity contribution in [3.05, 3.63) is 22.8 Å². The zero-order valence-corrected chi connectivity index (χ0v) is 12.6. The number of ether oxygens (including phenoxy) is 1. The Hall–Kier alpha value is -1.82. The van der Waals surface area contributed by atoms with Crippen molar-refractivity contribution in [2.24, 2.45) is 5.92 Å². The molecule has 1 fully saturated rings. The molecule has 1 amide bonds. The summed E-state index contributed by atoms with van der Waals surface area (Å²) in [5.74, 6) is -1.34. The molecule has 1 aliphatic carbocycles. The number of carbonyl (C=O) groups excluding carboxylic acids is 1. The number of pyridine rings is 1. The van der Waals surface area contributed by atoms with Gasteiger partial charge in [0.2, 0.25) is 5.88 Å². The molecular formula is C14H17ClN2O4. The van der Waals surface area contributed by atoms with Gasteiger partial charge in [-0.05, 0) is 38.7 Å². The Labute approximate surface area is 127 Å². The molecule has 1 atom stereocenters. The van der Waals surface area contributed by atoms with Crippen molar-refractivity contribution in [3.8, 4) is 5.88 Å². The summed E-state index contributed by atoms with van der Waals surface area (Å²) in [6.07, 6.45) is 2.91. The molecular weight excluding hydrogens is 296 g/mol. The number of carbonyl (C=O) groups is 2. The van der Waals surface area contributed by atoms with E-state index in [1.807, 2.05) is 0 Å². The molecule has 1 aromatic heterocycles. The molecule has 1 aromatic rings. The molecule has 1 aliphatic rings. The average molecular weight is 313 g/mol. The summed E-state index contributed by atoms with van der Waals surface area (Å²) >= 11 is 5.98. The molecule has 0 spiro atoms. The van der Waals surface area contributed by atoms with E-state index in [0.29, 0.717) is 6.61 Å². The predicted octanol–water partition coefficient (Wildman–Crippen LogP) is 2.12. The number of nitrogens with zero attached hydrogens (tertiary/aromatic N) is 1. The minimum absolute atomic E-state index is 0.0370. The second-order valence-corrected chi connectivity index (χ2v) is 5.59. The maximum absolute atomic E-state index is 12.2. The molecule has 7 heteroatoms. The topological polar surface area (TPSA) is 88.5 Å². The smallest absolute Gasteiger partial charge is 0.329 e. The van der Waals surface area contributed by atoms with E-state index in [9.17, 15) is 14.7 Å². The number of aliphatic carboxylic acids is 1. The minimum atomic E-state index is -1.26. The lowest BCUT2D eigenvalue weighted by Crippen LogP contribution is -2.54. The lowest BCUT2D eigenvalue weighted by Gasteiger charge is -2.26. The summed E-state index contributed by atoms with van der Waals surface area (Å²) in [5.41, 5.74) is -1.06. The van der Waals surface area contributed by atoms with Gasteiger partial charge >= 0.3 is 5.97 Å².